The van der Waals surface area contributed by atoms with Crippen molar-refractivity contribution in [2.24, 2.45) is 0 Å². The van der Waals surface area contributed by atoms with E-state index in [0.29, 0.717) is 5.56 Å². The van der Waals surface area contributed by atoms with Crippen LogP contribution in [0.1, 0.15) is 5.56 Å². The molecule has 1 atom stereocenters. The zero-order valence-corrected chi connectivity index (χ0v) is 6.62. The van der Waals surface area contributed by atoms with Crippen molar-refractivity contribution in [2.45, 2.75) is 18.7 Å². The van der Waals surface area contributed by atoms with Crippen molar-refractivity contribution in [3.05, 3.63) is 30.1 Å². The summed E-state index contributed by atoms with van der Waals surface area (Å²) < 4.78 is 35.6. The van der Waals surface area contributed by atoms with Crippen LogP contribution in [0.15, 0.2) is 24.5 Å². The van der Waals surface area contributed by atoms with E-state index in [4.69, 9.17) is 5.11 Å². The highest BCUT2D eigenvalue weighted by molar-refractivity contribution is 5.09. The smallest absolute Gasteiger partial charge is 0.383 e. The Hall–Kier alpha value is -1.10. The van der Waals surface area contributed by atoms with Crippen molar-refractivity contribution in [3.63, 3.8) is 0 Å². The minimum absolute atomic E-state index is 0.368. The normalized spacial score (nSPS) is 14.2. The number of rotatable bonds is 2. The number of aliphatic hydroxyl groups is 1. The number of nitrogens with zero attached hydrogens (tertiary/aromatic N) is 1. The topological polar surface area (TPSA) is 33.1 Å². The highest BCUT2D eigenvalue weighted by atomic mass is 19.4. The quantitative estimate of drug-likeness (QED) is 0.769. The van der Waals surface area contributed by atoms with Crippen molar-refractivity contribution in [3.8, 4) is 0 Å². The first-order chi connectivity index (χ1) is 6.00. The van der Waals surface area contributed by atoms with Gasteiger partial charge in [-0.25, -0.2) is 0 Å². The monoisotopic (exact) mass is 191 g/mol. The molecule has 0 aromatic carbocycles. The summed E-state index contributed by atoms with van der Waals surface area (Å²) in [5.41, 5.74) is 0.368. The lowest BCUT2D eigenvalue weighted by atomic mass is 10.1. The maximum Gasteiger partial charge on any atom is 0.414 e. The third-order valence-corrected chi connectivity index (χ3v) is 1.53. The first-order valence-corrected chi connectivity index (χ1v) is 3.64. The van der Waals surface area contributed by atoms with E-state index in [-0.39, 0.29) is 0 Å². The maximum atomic E-state index is 11.9. The van der Waals surface area contributed by atoms with Crippen LogP contribution in [0.5, 0.6) is 0 Å². The van der Waals surface area contributed by atoms with Gasteiger partial charge in [-0.3, -0.25) is 4.98 Å². The fourth-order valence-electron chi connectivity index (χ4n) is 0.858. The Morgan fingerprint density at radius 3 is 2.62 bits per heavy atom. The SMILES string of the molecule is O[C@H](Cc1cccnc1)C(F)(F)F. The van der Waals surface area contributed by atoms with Gasteiger partial charge in [0.05, 0.1) is 0 Å². The van der Waals surface area contributed by atoms with Gasteiger partial charge < -0.3 is 5.11 Å². The van der Waals surface area contributed by atoms with Crippen LogP contribution in [0, 0.1) is 0 Å². The van der Waals surface area contributed by atoms with E-state index < -0.39 is 18.7 Å². The zero-order valence-electron chi connectivity index (χ0n) is 6.62. The van der Waals surface area contributed by atoms with Gasteiger partial charge >= 0.3 is 6.18 Å². The number of pyridine rings is 1. The van der Waals surface area contributed by atoms with Gasteiger partial charge in [0, 0.05) is 18.8 Å². The minimum atomic E-state index is -4.56. The molecule has 1 aromatic heterocycles. The summed E-state index contributed by atoms with van der Waals surface area (Å²) >= 11 is 0. The molecule has 0 aliphatic carbocycles. The van der Waals surface area contributed by atoms with Gasteiger partial charge in [-0.15, -0.1) is 0 Å². The van der Waals surface area contributed by atoms with Crippen LogP contribution in [0.2, 0.25) is 0 Å². The molecule has 0 saturated heterocycles. The Morgan fingerprint density at radius 1 is 1.46 bits per heavy atom. The van der Waals surface area contributed by atoms with E-state index in [1.54, 1.807) is 0 Å². The van der Waals surface area contributed by atoms with Gasteiger partial charge in [0.1, 0.15) is 0 Å². The van der Waals surface area contributed by atoms with Crippen molar-refractivity contribution in [1.29, 1.82) is 0 Å². The Kier molecular flexibility index (Phi) is 2.87. The number of halogens is 3. The second-order valence-electron chi connectivity index (χ2n) is 2.62. The molecular weight excluding hydrogens is 183 g/mol. The second-order valence-corrected chi connectivity index (χ2v) is 2.62. The molecule has 72 valence electrons. The molecule has 1 aromatic rings. The van der Waals surface area contributed by atoms with Gasteiger partial charge in [0.2, 0.25) is 0 Å². The molecule has 0 aliphatic heterocycles. The molecule has 0 bridgehead atoms. The molecule has 5 heteroatoms. The number of aliphatic hydroxyl groups excluding tert-OH is 1. The lowest BCUT2D eigenvalue weighted by molar-refractivity contribution is -0.203. The molecule has 0 unspecified atom stereocenters. The van der Waals surface area contributed by atoms with E-state index in [9.17, 15) is 13.2 Å². The van der Waals surface area contributed by atoms with Crippen molar-refractivity contribution >= 4 is 0 Å². The molecule has 1 N–H and O–H groups in total. The summed E-state index contributed by atoms with van der Waals surface area (Å²) in [7, 11) is 0. The Bertz CT molecular complexity index is 260. The van der Waals surface area contributed by atoms with E-state index in [1.807, 2.05) is 0 Å². The Labute approximate surface area is 73.0 Å². The first kappa shape index (κ1) is 9.98. The average Bonchev–Trinajstić information content (AvgIpc) is 2.04. The van der Waals surface area contributed by atoms with E-state index in [2.05, 4.69) is 4.98 Å². The first-order valence-electron chi connectivity index (χ1n) is 3.64. The van der Waals surface area contributed by atoms with Crippen molar-refractivity contribution in [2.75, 3.05) is 0 Å². The van der Waals surface area contributed by atoms with Gasteiger partial charge in [0.15, 0.2) is 6.10 Å². The van der Waals surface area contributed by atoms with Gasteiger partial charge in [-0.2, -0.15) is 13.2 Å². The largest absolute Gasteiger partial charge is 0.414 e. The standard InChI is InChI=1S/C8H8F3NO/c9-8(10,11)7(13)4-6-2-1-3-12-5-6/h1-3,5,7,13H,4H2/t7-/m1/s1. The Balaban J connectivity index is 2.61. The Morgan fingerprint density at radius 2 is 2.15 bits per heavy atom. The van der Waals surface area contributed by atoms with E-state index >= 15 is 0 Å². The molecular formula is C8H8F3NO. The third kappa shape index (κ3) is 3.02. The molecule has 2 nitrogen and oxygen atoms in total. The minimum Gasteiger partial charge on any atom is -0.383 e. The number of hydrogen-bond donors (Lipinski definition) is 1. The molecule has 1 rings (SSSR count). The van der Waals surface area contributed by atoms with Crippen LogP contribution in [0.25, 0.3) is 0 Å². The molecule has 0 radical (unpaired) electrons. The van der Waals surface area contributed by atoms with Crippen LogP contribution >= 0.6 is 0 Å². The molecule has 0 aliphatic rings. The molecule has 13 heavy (non-hydrogen) atoms. The van der Waals surface area contributed by atoms with Crippen molar-refractivity contribution in [1.82, 2.24) is 4.98 Å². The second kappa shape index (κ2) is 3.74. The van der Waals surface area contributed by atoms with Gasteiger partial charge in [-0.05, 0) is 11.6 Å². The molecule has 1 heterocycles. The van der Waals surface area contributed by atoms with Crippen LogP contribution in [0.4, 0.5) is 13.2 Å². The fourth-order valence-corrected chi connectivity index (χ4v) is 0.858. The summed E-state index contributed by atoms with van der Waals surface area (Å²) in [4.78, 5) is 3.64. The molecule has 0 amide bonds. The predicted octanol–water partition coefficient (Wildman–Crippen LogP) is 1.55. The van der Waals surface area contributed by atoms with Crippen LogP contribution in [-0.2, 0) is 6.42 Å². The summed E-state index contributed by atoms with van der Waals surface area (Å²) in [6, 6.07) is 3.01. The van der Waals surface area contributed by atoms with E-state index in [1.165, 1.54) is 24.5 Å². The molecule has 0 fully saturated rings. The zero-order chi connectivity index (χ0) is 9.90. The fraction of sp³-hybridized carbons (Fsp3) is 0.375. The van der Waals surface area contributed by atoms with Gasteiger partial charge in [-0.1, -0.05) is 6.07 Å². The molecule has 0 spiro atoms. The van der Waals surface area contributed by atoms with E-state index in [0.717, 1.165) is 0 Å². The predicted molar refractivity (Wildman–Crippen MR) is 40.0 cm³/mol. The van der Waals surface area contributed by atoms with Crippen molar-refractivity contribution < 1.29 is 18.3 Å². The number of aromatic nitrogens is 1. The lowest BCUT2D eigenvalue weighted by Gasteiger charge is -2.13. The number of alkyl halides is 3. The summed E-state index contributed by atoms with van der Waals surface area (Å²) in [5, 5.41) is 8.69. The lowest BCUT2D eigenvalue weighted by Crippen LogP contribution is -2.30. The third-order valence-electron chi connectivity index (χ3n) is 1.53. The van der Waals surface area contributed by atoms with Gasteiger partial charge in [0.25, 0.3) is 0 Å². The number of hydrogen-bond acceptors (Lipinski definition) is 2. The maximum absolute atomic E-state index is 11.9. The average molecular weight is 191 g/mol. The molecule has 0 saturated carbocycles. The highest BCUT2D eigenvalue weighted by Gasteiger charge is 2.37. The summed E-state index contributed by atoms with van der Waals surface area (Å²) in [5.74, 6) is 0. The summed E-state index contributed by atoms with van der Waals surface area (Å²) in [6.07, 6.45) is -4.55. The highest BCUT2D eigenvalue weighted by Crippen LogP contribution is 2.22. The summed E-state index contributed by atoms with van der Waals surface area (Å²) in [6.45, 7) is 0. The van der Waals surface area contributed by atoms with Crippen LogP contribution in [0.3, 0.4) is 0 Å². The van der Waals surface area contributed by atoms with Crippen LogP contribution < -0.4 is 0 Å². The van der Waals surface area contributed by atoms with Crippen LogP contribution in [-0.4, -0.2) is 22.4 Å².